The van der Waals surface area contributed by atoms with Crippen LogP contribution in [-0.2, 0) is 0 Å². The summed E-state index contributed by atoms with van der Waals surface area (Å²) >= 11 is 0. The molecule has 3 aromatic carbocycles. The Labute approximate surface area is 292 Å². The fourth-order valence-corrected chi connectivity index (χ4v) is 7.21. The zero-order valence-corrected chi connectivity index (χ0v) is 32.9. The van der Waals surface area contributed by atoms with Gasteiger partial charge in [0, 0.05) is 24.5 Å². The van der Waals surface area contributed by atoms with Crippen LogP contribution in [0.15, 0.2) is 72.8 Å². The number of hydrogen-bond donors (Lipinski definition) is 2. The van der Waals surface area contributed by atoms with E-state index in [1.165, 1.54) is 52.9 Å². The zero-order chi connectivity index (χ0) is 35.4. The minimum absolute atomic E-state index is 0.573. The quantitative estimate of drug-likeness (QED) is 0.239. The monoisotopic (exact) mass is 641 g/mol. The Morgan fingerprint density at radius 3 is 0.872 bits per heavy atom. The van der Waals surface area contributed by atoms with E-state index < -0.39 is 0 Å². The third-order valence-corrected chi connectivity index (χ3v) is 12.6. The van der Waals surface area contributed by atoms with Crippen molar-refractivity contribution >= 4 is 11.4 Å². The highest BCUT2D eigenvalue weighted by atomic mass is 14.9. The van der Waals surface area contributed by atoms with Crippen LogP contribution in [0.2, 0.25) is 0 Å². The van der Waals surface area contributed by atoms with E-state index in [1.807, 2.05) is 0 Å². The van der Waals surface area contributed by atoms with Gasteiger partial charge in [0.05, 0.1) is 0 Å². The van der Waals surface area contributed by atoms with Gasteiger partial charge in [-0.3, -0.25) is 0 Å². The van der Waals surface area contributed by atoms with Crippen LogP contribution in [0.5, 0.6) is 0 Å². The summed E-state index contributed by atoms with van der Waals surface area (Å²) in [4.78, 5) is 0. The van der Waals surface area contributed by atoms with Crippen LogP contribution < -0.4 is 10.6 Å². The van der Waals surface area contributed by atoms with Gasteiger partial charge in [0.2, 0.25) is 0 Å². The van der Waals surface area contributed by atoms with Crippen molar-refractivity contribution < 1.29 is 0 Å². The average molecular weight is 641 g/mol. The highest BCUT2D eigenvalue weighted by Crippen LogP contribution is 2.62. The number of unbranched alkanes of at least 4 members (excludes halogenated alkanes) is 2. The fourth-order valence-electron chi connectivity index (χ4n) is 7.21. The van der Waals surface area contributed by atoms with Crippen LogP contribution in [0.4, 0.5) is 11.4 Å². The molecule has 0 aliphatic heterocycles. The lowest BCUT2D eigenvalue weighted by molar-refractivity contribution is -0.141. The molecule has 2 aliphatic carbocycles. The van der Waals surface area contributed by atoms with E-state index in [0.717, 1.165) is 48.6 Å². The molecule has 0 saturated heterocycles. The molecule has 262 valence electrons. The summed E-state index contributed by atoms with van der Waals surface area (Å²) in [6, 6.07) is 25.7. The topological polar surface area (TPSA) is 24.1 Å². The van der Waals surface area contributed by atoms with Crippen molar-refractivity contribution in [3.05, 3.63) is 95.1 Å². The highest BCUT2D eigenvalue weighted by Gasteiger charge is 2.56. The third-order valence-electron chi connectivity index (χ3n) is 12.6. The number of benzene rings is 3. The second-order valence-electron chi connectivity index (χ2n) is 16.3. The summed E-state index contributed by atoms with van der Waals surface area (Å²) in [5.74, 6) is 5.65. The van der Waals surface area contributed by atoms with E-state index in [0.29, 0.717) is 10.8 Å². The molecular weight excluding hydrogens is 569 g/mol. The van der Waals surface area contributed by atoms with Crippen molar-refractivity contribution in [2.24, 2.45) is 46.3 Å². The summed E-state index contributed by atoms with van der Waals surface area (Å²) in [7, 11) is 0. The van der Waals surface area contributed by atoms with E-state index in [4.69, 9.17) is 0 Å². The minimum atomic E-state index is 0.573. The standard InChI is InChI=1S/C19H26N2.C10H20.C8H10.C8H16/c1-16-6-10-18(11-7-16)20-14-4-3-5-15-21-19-12-8-17(2)9-13-19;1-7-9(3,4)8(2)10(7,5)6;1-7-3-5-8(2)6-4-7;1-5-6(2)8(4)7(5)3/h6-13,20-21H,3-5,14-15H2,1-2H3;7-8H,1-6H3;3-6H,1-2H3;5-8H,1-4H3. The molecule has 47 heavy (non-hydrogen) atoms. The Balaban J connectivity index is 0.000000244. The van der Waals surface area contributed by atoms with Crippen molar-refractivity contribution in [1.29, 1.82) is 0 Å². The first-order valence-corrected chi connectivity index (χ1v) is 18.6. The summed E-state index contributed by atoms with van der Waals surface area (Å²) in [6.07, 6.45) is 3.67. The minimum Gasteiger partial charge on any atom is -0.385 e. The summed E-state index contributed by atoms with van der Waals surface area (Å²) in [5, 5.41) is 6.93. The van der Waals surface area contributed by atoms with Crippen LogP contribution in [0.1, 0.15) is 111 Å². The van der Waals surface area contributed by atoms with Crippen LogP contribution >= 0.6 is 0 Å². The maximum atomic E-state index is 3.47. The SMILES string of the molecule is CC1C(C)(C)C(C)C1(C)C.CC1C(C)C(C)C1C.Cc1ccc(C)cc1.Cc1ccc(NCCCCCNc2ccc(C)cc2)cc1. The maximum Gasteiger partial charge on any atom is 0.0340 e. The molecule has 0 amide bonds. The van der Waals surface area contributed by atoms with Gasteiger partial charge in [-0.05, 0) is 118 Å². The van der Waals surface area contributed by atoms with Crippen LogP contribution in [-0.4, -0.2) is 13.1 Å². The first-order chi connectivity index (χ1) is 22.0. The fraction of sp³-hybridized carbons (Fsp3) is 0.600. The van der Waals surface area contributed by atoms with Crippen LogP contribution in [0.3, 0.4) is 0 Å². The van der Waals surface area contributed by atoms with Gasteiger partial charge in [0.25, 0.3) is 0 Å². The molecule has 2 fully saturated rings. The van der Waals surface area contributed by atoms with Crippen LogP contribution in [0.25, 0.3) is 0 Å². The lowest BCUT2D eigenvalue weighted by Gasteiger charge is -2.62. The molecule has 0 bridgehead atoms. The second-order valence-corrected chi connectivity index (χ2v) is 16.3. The number of anilines is 2. The maximum absolute atomic E-state index is 3.47. The van der Waals surface area contributed by atoms with Gasteiger partial charge < -0.3 is 10.6 Å². The summed E-state index contributed by atoms with van der Waals surface area (Å²) in [6.45, 7) is 34.2. The Kier molecular flexibility index (Phi) is 16.1. The van der Waals surface area contributed by atoms with Crippen LogP contribution in [0, 0.1) is 74.0 Å². The van der Waals surface area contributed by atoms with Crippen molar-refractivity contribution in [3.8, 4) is 0 Å². The second kappa shape index (κ2) is 18.7. The Bertz CT molecular complexity index is 1140. The molecule has 2 aliphatic rings. The third kappa shape index (κ3) is 12.3. The van der Waals surface area contributed by atoms with Gasteiger partial charge in [-0.2, -0.15) is 0 Å². The average Bonchev–Trinajstić information content (AvgIpc) is 3.06. The summed E-state index contributed by atoms with van der Waals surface area (Å²) in [5.41, 5.74) is 8.86. The van der Waals surface area contributed by atoms with Gasteiger partial charge in [-0.15, -0.1) is 0 Å². The largest absolute Gasteiger partial charge is 0.385 e. The number of rotatable bonds is 8. The molecule has 2 N–H and O–H groups in total. The molecule has 3 aromatic rings. The predicted octanol–water partition coefficient (Wildman–Crippen LogP) is 13.2. The van der Waals surface area contributed by atoms with E-state index in [9.17, 15) is 0 Å². The smallest absolute Gasteiger partial charge is 0.0340 e. The van der Waals surface area contributed by atoms with Crippen molar-refractivity contribution in [2.45, 2.75) is 116 Å². The van der Waals surface area contributed by atoms with Gasteiger partial charge in [0.15, 0.2) is 0 Å². The number of hydrogen-bond acceptors (Lipinski definition) is 2. The lowest BCUT2D eigenvalue weighted by atomic mass is 9.42. The van der Waals surface area contributed by atoms with Crippen molar-refractivity contribution in [3.63, 3.8) is 0 Å². The molecule has 2 saturated carbocycles. The Morgan fingerprint density at radius 2 is 0.638 bits per heavy atom. The van der Waals surface area contributed by atoms with Gasteiger partial charge in [-0.1, -0.05) is 140 Å². The molecule has 2 heteroatoms. The van der Waals surface area contributed by atoms with Crippen molar-refractivity contribution in [2.75, 3.05) is 23.7 Å². The Hall–Kier alpha value is -2.74. The molecule has 2 nitrogen and oxygen atoms in total. The van der Waals surface area contributed by atoms with E-state index >= 15 is 0 Å². The predicted molar refractivity (Wildman–Crippen MR) is 212 cm³/mol. The molecule has 0 radical (unpaired) electrons. The molecule has 0 heterocycles. The van der Waals surface area contributed by atoms with Crippen molar-refractivity contribution in [1.82, 2.24) is 0 Å². The van der Waals surface area contributed by atoms with E-state index in [-0.39, 0.29) is 0 Å². The molecular formula is C45H72N2. The van der Waals surface area contributed by atoms with Gasteiger partial charge in [0.1, 0.15) is 0 Å². The highest BCUT2D eigenvalue weighted by molar-refractivity contribution is 5.45. The van der Waals surface area contributed by atoms with E-state index in [2.05, 4.69) is 180 Å². The Morgan fingerprint density at radius 1 is 0.404 bits per heavy atom. The first-order valence-electron chi connectivity index (χ1n) is 18.6. The summed E-state index contributed by atoms with van der Waals surface area (Å²) < 4.78 is 0. The normalized spacial score (nSPS) is 24.7. The lowest BCUT2D eigenvalue weighted by Crippen LogP contribution is -2.56. The zero-order valence-electron chi connectivity index (χ0n) is 32.9. The van der Waals surface area contributed by atoms with Gasteiger partial charge in [-0.25, -0.2) is 0 Å². The molecule has 0 aromatic heterocycles. The molecule has 0 atom stereocenters. The molecule has 5 rings (SSSR count). The first kappa shape index (κ1) is 40.4. The number of aryl methyl sites for hydroxylation is 4. The van der Waals surface area contributed by atoms with Gasteiger partial charge >= 0.3 is 0 Å². The number of nitrogens with one attached hydrogen (secondary N) is 2. The van der Waals surface area contributed by atoms with E-state index in [1.54, 1.807) is 0 Å². The molecule has 0 unspecified atom stereocenters. The molecule has 0 spiro atoms.